The summed E-state index contributed by atoms with van der Waals surface area (Å²) in [4.78, 5) is 0. The van der Waals surface area contributed by atoms with Crippen LogP contribution in [0.3, 0.4) is 0 Å². The third-order valence-corrected chi connectivity index (χ3v) is 5.14. The summed E-state index contributed by atoms with van der Waals surface area (Å²) in [5, 5.41) is 13.8. The summed E-state index contributed by atoms with van der Waals surface area (Å²) < 4.78 is 0. The molecular formula is C24H18. The molecule has 6 aromatic carbocycles. The maximum Gasteiger partial charge on any atom is -0.00141 e. The van der Waals surface area contributed by atoms with Crippen molar-refractivity contribution in [3.8, 4) is 0 Å². The van der Waals surface area contributed by atoms with Gasteiger partial charge in [0.15, 0.2) is 0 Å². The number of hydrogen-bond donors (Lipinski definition) is 0. The summed E-state index contributed by atoms with van der Waals surface area (Å²) in [5.41, 5.74) is 0. The minimum atomic E-state index is 1.34. The van der Waals surface area contributed by atoms with Crippen LogP contribution in [0.1, 0.15) is 13.8 Å². The molecule has 0 atom stereocenters. The zero-order valence-corrected chi connectivity index (χ0v) is 13.9. The van der Waals surface area contributed by atoms with Crippen molar-refractivity contribution in [2.24, 2.45) is 0 Å². The predicted octanol–water partition coefficient (Wildman–Crippen LogP) is 7.35. The van der Waals surface area contributed by atoms with E-state index in [9.17, 15) is 0 Å². The van der Waals surface area contributed by atoms with Crippen LogP contribution in [-0.4, -0.2) is 0 Å². The van der Waals surface area contributed by atoms with Crippen molar-refractivity contribution in [2.75, 3.05) is 0 Å². The lowest BCUT2D eigenvalue weighted by molar-refractivity contribution is 1.50. The van der Waals surface area contributed by atoms with Gasteiger partial charge in [-0.2, -0.15) is 0 Å². The smallest absolute Gasteiger partial charge is 0.00141 e. The summed E-state index contributed by atoms with van der Waals surface area (Å²) in [6.07, 6.45) is 0. The minimum absolute atomic E-state index is 1.34. The van der Waals surface area contributed by atoms with Gasteiger partial charge in [-0.15, -0.1) is 0 Å². The highest BCUT2D eigenvalue weighted by Gasteiger charge is 2.15. The highest BCUT2D eigenvalue weighted by Crippen LogP contribution is 2.44. The van der Waals surface area contributed by atoms with Crippen LogP contribution < -0.4 is 0 Å². The molecule has 0 spiro atoms. The number of rotatable bonds is 0. The molecule has 24 heavy (non-hydrogen) atoms. The highest BCUT2D eigenvalue weighted by atomic mass is 14.2. The van der Waals surface area contributed by atoms with E-state index in [0.717, 1.165) is 0 Å². The van der Waals surface area contributed by atoms with Gasteiger partial charge in [-0.25, -0.2) is 0 Å². The van der Waals surface area contributed by atoms with E-state index in [-0.39, 0.29) is 0 Å². The second-order valence-electron chi connectivity index (χ2n) is 6.20. The van der Waals surface area contributed by atoms with Gasteiger partial charge in [0, 0.05) is 0 Å². The van der Waals surface area contributed by atoms with Crippen LogP contribution in [0, 0.1) is 0 Å². The van der Waals surface area contributed by atoms with Gasteiger partial charge in [0.05, 0.1) is 0 Å². The molecule has 0 nitrogen and oxygen atoms in total. The topological polar surface area (TPSA) is 0 Å². The predicted molar refractivity (Wildman–Crippen MR) is 108 cm³/mol. The van der Waals surface area contributed by atoms with Gasteiger partial charge in [0.25, 0.3) is 0 Å². The fourth-order valence-electron chi connectivity index (χ4n) is 4.24. The van der Waals surface area contributed by atoms with E-state index < -0.39 is 0 Å². The quantitative estimate of drug-likeness (QED) is 0.203. The summed E-state index contributed by atoms with van der Waals surface area (Å²) in [7, 11) is 0. The molecule has 0 fully saturated rings. The highest BCUT2D eigenvalue weighted by molar-refractivity contribution is 6.39. The Labute approximate surface area is 141 Å². The molecule has 0 aromatic heterocycles. The second kappa shape index (κ2) is 4.82. The standard InChI is InChI=1S/C22H12.C2H6/c1-3-13-7-9-15-11-12-16-10-8-14-4-2-6-18-17(5-1)19(13)21(15)22(16)20(14)18;1-2/h1-12H;1-2H3. The van der Waals surface area contributed by atoms with Gasteiger partial charge < -0.3 is 0 Å². The Kier molecular flexibility index (Phi) is 2.72. The van der Waals surface area contributed by atoms with Crippen molar-refractivity contribution >= 4 is 53.9 Å². The number of benzene rings is 6. The van der Waals surface area contributed by atoms with Crippen molar-refractivity contribution in [1.29, 1.82) is 0 Å². The lowest BCUT2D eigenvalue weighted by atomic mass is 9.86. The van der Waals surface area contributed by atoms with Crippen molar-refractivity contribution in [3.63, 3.8) is 0 Å². The van der Waals surface area contributed by atoms with E-state index >= 15 is 0 Å². The number of fused-ring (bicyclic) bond motifs is 1. The van der Waals surface area contributed by atoms with Crippen molar-refractivity contribution in [1.82, 2.24) is 0 Å². The summed E-state index contributed by atoms with van der Waals surface area (Å²) in [6.45, 7) is 4.00. The summed E-state index contributed by atoms with van der Waals surface area (Å²) >= 11 is 0. The molecule has 0 bridgehead atoms. The minimum Gasteiger partial charge on any atom is -0.0683 e. The van der Waals surface area contributed by atoms with Crippen LogP contribution in [0.15, 0.2) is 72.8 Å². The van der Waals surface area contributed by atoms with E-state index in [1.54, 1.807) is 0 Å². The Morgan fingerprint density at radius 1 is 0.375 bits per heavy atom. The largest absolute Gasteiger partial charge is 0.0683 e. The normalized spacial score (nSPS) is 11.8. The van der Waals surface area contributed by atoms with E-state index in [1.165, 1.54) is 53.9 Å². The molecule has 0 heteroatoms. The summed E-state index contributed by atoms with van der Waals surface area (Å²) in [6, 6.07) is 26.9. The Balaban J connectivity index is 0.000000632. The maximum absolute atomic E-state index is 2.27. The summed E-state index contributed by atoms with van der Waals surface area (Å²) in [5.74, 6) is 0. The van der Waals surface area contributed by atoms with E-state index in [1.807, 2.05) is 13.8 Å². The third kappa shape index (κ3) is 1.53. The van der Waals surface area contributed by atoms with Crippen molar-refractivity contribution in [3.05, 3.63) is 72.8 Å². The molecule has 0 aliphatic carbocycles. The second-order valence-corrected chi connectivity index (χ2v) is 6.20. The molecule has 6 rings (SSSR count). The molecular weight excluding hydrogens is 288 g/mol. The van der Waals surface area contributed by atoms with Crippen molar-refractivity contribution in [2.45, 2.75) is 13.8 Å². The fourth-order valence-corrected chi connectivity index (χ4v) is 4.24. The molecule has 0 saturated heterocycles. The van der Waals surface area contributed by atoms with Crippen LogP contribution in [0.4, 0.5) is 0 Å². The molecule has 0 saturated carbocycles. The molecule has 114 valence electrons. The first kappa shape index (κ1) is 13.6. The maximum atomic E-state index is 2.27. The van der Waals surface area contributed by atoms with E-state index in [0.29, 0.717) is 0 Å². The molecule has 6 aromatic rings. The van der Waals surface area contributed by atoms with Gasteiger partial charge in [-0.05, 0) is 53.9 Å². The molecule has 0 radical (unpaired) electrons. The average molecular weight is 306 g/mol. The molecule has 0 N–H and O–H groups in total. The van der Waals surface area contributed by atoms with Gasteiger partial charge in [-0.1, -0.05) is 86.6 Å². The molecule has 0 aliphatic heterocycles. The van der Waals surface area contributed by atoms with Crippen LogP contribution in [0.2, 0.25) is 0 Å². The molecule has 0 aliphatic rings. The van der Waals surface area contributed by atoms with Gasteiger partial charge in [0.1, 0.15) is 0 Å². The third-order valence-electron chi connectivity index (χ3n) is 5.14. The first-order chi connectivity index (χ1) is 11.9. The van der Waals surface area contributed by atoms with Gasteiger partial charge >= 0.3 is 0 Å². The Morgan fingerprint density at radius 2 is 0.708 bits per heavy atom. The monoisotopic (exact) mass is 306 g/mol. The van der Waals surface area contributed by atoms with Gasteiger partial charge in [0.2, 0.25) is 0 Å². The van der Waals surface area contributed by atoms with Crippen LogP contribution in [0.25, 0.3) is 53.9 Å². The lowest BCUT2D eigenvalue weighted by Crippen LogP contribution is -1.89. The first-order valence-corrected chi connectivity index (χ1v) is 8.72. The van der Waals surface area contributed by atoms with Crippen LogP contribution in [0.5, 0.6) is 0 Å². The van der Waals surface area contributed by atoms with E-state index in [2.05, 4.69) is 72.8 Å². The molecule has 0 heterocycles. The van der Waals surface area contributed by atoms with Gasteiger partial charge in [-0.3, -0.25) is 0 Å². The van der Waals surface area contributed by atoms with E-state index in [4.69, 9.17) is 0 Å². The average Bonchev–Trinajstić information content (AvgIpc) is 2.67. The Hall–Kier alpha value is -2.86. The Bertz CT molecular complexity index is 1190. The fraction of sp³-hybridized carbons (Fsp3) is 0.0833. The zero-order valence-electron chi connectivity index (χ0n) is 13.9. The SMILES string of the molecule is CC.c1cc2ccc3ccc4ccc5cccc6c(c1)c2c3c4c56. The van der Waals surface area contributed by atoms with Crippen molar-refractivity contribution < 1.29 is 0 Å². The Morgan fingerprint density at radius 3 is 1.08 bits per heavy atom. The van der Waals surface area contributed by atoms with Crippen LogP contribution in [-0.2, 0) is 0 Å². The molecule has 0 unspecified atom stereocenters. The van der Waals surface area contributed by atoms with Crippen LogP contribution >= 0.6 is 0 Å². The zero-order chi connectivity index (χ0) is 16.3. The molecule has 0 amide bonds. The first-order valence-electron chi connectivity index (χ1n) is 8.72. The number of hydrogen-bond acceptors (Lipinski definition) is 0. The lowest BCUT2D eigenvalue weighted by Gasteiger charge is -2.17.